The molecule has 0 bridgehead atoms. The van der Waals surface area contributed by atoms with Gasteiger partial charge in [0.15, 0.2) is 0 Å². The van der Waals surface area contributed by atoms with Crippen LogP contribution >= 0.6 is 11.3 Å². The van der Waals surface area contributed by atoms with Crippen LogP contribution in [0.3, 0.4) is 0 Å². The fourth-order valence-corrected chi connectivity index (χ4v) is 3.13. The van der Waals surface area contributed by atoms with Crippen molar-refractivity contribution in [3.8, 4) is 0 Å². The molecule has 114 valence electrons. The Labute approximate surface area is 123 Å². The Morgan fingerprint density at radius 2 is 1.95 bits per heavy atom. The summed E-state index contributed by atoms with van der Waals surface area (Å²) in [6, 6.07) is -0.789. The highest BCUT2D eigenvalue weighted by Crippen LogP contribution is 2.29. The van der Waals surface area contributed by atoms with Crippen molar-refractivity contribution in [3.05, 3.63) is 0 Å². The molecular weight excluding hydrogens is 324 g/mol. The molecule has 0 N–H and O–H groups in total. The van der Waals surface area contributed by atoms with E-state index in [-0.39, 0.29) is 9.47 Å². The summed E-state index contributed by atoms with van der Waals surface area (Å²) in [7, 11) is -2.33. The van der Waals surface area contributed by atoms with E-state index >= 15 is 0 Å². The number of carbonyl (C=O) groups excluding carboxylic acids is 3. The molecule has 0 radical (unpaired) electrons. The number of esters is 1. The van der Waals surface area contributed by atoms with Crippen LogP contribution in [0.5, 0.6) is 0 Å². The van der Waals surface area contributed by atoms with E-state index in [1.807, 2.05) is 0 Å². The van der Waals surface area contributed by atoms with E-state index < -0.39 is 34.0 Å². The van der Waals surface area contributed by atoms with Crippen molar-refractivity contribution in [1.82, 2.24) is 15.1 Å². The molecule has 1 aliphatic heterocycles. The third-order valence-electron chi connectivity index (χ3n) is 2.46. The SMILES string of the molecule is CC(=O)OC1C(=O)N(c2nnc(S(C)(=O)=O)s2)C(=O)N1C. The average Bonchev–Trinajstić information content (AvgIpc) is 2.89. The summed E-state index contributed by atoms with van der Waals surface area (Å²) in [6.45, 7) is 1.10. The molecule has 1 unspecified atom stereocenters. The summed E-state index contributed by atoms with van der Waals surface area (Å²) >= 11 is 0.574. The molecule has 3 amide bonds. The zero-order valence-electron chi connectivity index (χ0n) is 11.1. The van der Waals surface area contributed by atoms with Crippen LogP contribution in [0.4, 0.5) is 9.93 Å². The Morgan fingerprint density at radius 1 is 1.33 bits per heavy atom. The first-order valence-corrected chi connectivity index (χ1v) is 8.15. The Kier molecular flexibility index (Phi) is 3.67. The maximum Gasteiger partial charge on any atom is 0.336 e. The van der Waals surface area contributed by atoms with E-state index in [1.165, 1.54) is 7.05 Å². The first-order valence-electron chi connectivity index (χ1n) is 5.44. The van der Waals surface area contributed by atoms with Crippen molar-refractivity contribution < 1.29 is 27.5 Å². The zero-order chi connectivity index (χ0) is 15.9. The van der Waals surface area contributed by atoms with Gasteiger partial charge in [-0.2, -0.15) is 4.90 Å². The van der Waals surface area contributed by atoms with Crippen molar-refractivity contribution in [2.75, 3.05) is 18.2 Å². The van der Waals surface area contributed by atoms with E-state index in [9.17, 15) is 22.8 Å². The van der Waals surface area contributed by atoms with Crippen molar-refractivity contribution in [2.24, 2.45) is 0 Å². The molecule has 0 spiro atoms. The number of urea groups is 1. The van der Waals surface area contributed by atoms with Crippen molar-refractivity contribution in [3.63, 3.8) is 0 Å². The number of likely N-dealkylation sites (N-methyl/N-ethyl adjacent to an activating group) is 1. The number of hydrogen-bond acceptors (Lipinski definition) is 9. The highest BCUT2D eigenvalue weighted by Gasteiger charge is 2.47. The van der Waals surface area contributed by atoms with Gasteiger partial charge in [-0.3, -0.25) is 14.5 Å². The van der Waals surface area contributed by atoms with E-state index in [1.54, 1.807) is 0 Å². The molecule has 2 rings (SSSR count). The van der Waals surface area contributed by atoms with Crippen LogP contribution in [0.15, 0.2) is 4.34 Å². The second-order valence-electron chi connectivity index (χ2n) is 4.15. The number of imide groups is 1. The van der Waals surface area contributed by atoms with Gasteiger partial charge in [0.25, 0.3) is 12.1 Å². The zero-order valence-corrected chi connectivity index (χ0v) is 12.8. The van der Waals surface area contributed by atoms with Crippen molar-refractivity contribution in [2.45, 2.75) is 17.5 Å². The van der Waals surface area contributed by atoms with Crippen LogP contribution in [0, 0.1) is 0 Å². The lowest BCUT2D eigenvalue weighted by Gasteiger charge is -2.14. The smallest absolute Gasteiger partial charge is 0.336 e. The van der Waals surface area contributed by atoms with Gasteiger partial charge >= 0.3 is 12.0 Å². The van der Waals surface area contributed by atoms with Gasteiger partial charge in [0.1, 0.15) is 0 Å². The van der Waals surface area contributed by atoms with Gasteiger partial charge in [-0.25, -0.2) is 13.2 Å². The summed E-state index contributed by atoms with van der Waals surface area (Å²) in [5.74, 6) is -1.57. The summed E-state index contributed by atoms with van der Waals surface area (Å²) < 4.78 is 27.1. The minimum absolute atomic E-state index is 0.202. The number of amides is 3. The topological polar surface area (TPSA) is 127 Å². The van der Waals surface area contributed by atoms with Gasteiger partial charge in [-0.15, -0.1) is 10.2 Å². The third kappa shape index (κ3) is 2.71. The molecule has 21 heavy (non-hydrogen) atoms. The highest BCUT2D eigenvalue weighted by molar-refractivity contribution is 7.92. The fourth-order valence-electron chi connectivity index (χ4n) is 1.53. The monoisotopic (exact) mass is 334 g/mol. The summed E-state index contributed by atoms with van der Waals surface area (Å²) in [6.07, 6.45) is -0.473. The van der Waals surface area contributed by atoms with E-state index in [0.29, 0.717) is 16.2 Å². The Morgan fingerprint density at radius 3 is 2.43 bits per heavy atom. The molecule has 0 saturated carbocycles. The molecule has 1 atom stereocenters. The molecule has 0 aromatic carbocycles. The van der Waals surface area contributed by atoms with E-state index in [2.05, 4.69) is 10.2 Å². The average molecular weight is 334 g/mol. The number of nitrogens with zero attached hydrogens (tertiary/aromatic N) is 4. The van der Waals surface area contributed by atoms with Crippen LogP contribution in [0.2, 0.25) is 0 Å². The van der Waals surface area contributed by atoms with Crippen molar-refractivity contribution >= 4 is 44.2 Å². The molecule has 1 aromatic heterocycles. The van der Waals surface area contributed by atoms with Crippen LogP contribution < -0.4 is 4.90 Å². The Hall–Kier alpha value is -2.08. The molecule has 10 nitrogen and oxygen atoms in total. The highest BCUT2D eigenvalue weighted by atomic mass is 32.2. The molecule has 1 fully saturated rings. The first-order chi connectivity index (χ1) is 9.62. The molecule has 0 aliphatic carbocycles. The van der Waals surface area contributed by atoms with Gasteiger partial charge in [0, 0.05) is 20.2 Å². The largest absolute Gasteiger partial charge is 0.432 e. The molecule has 1 saturated heterocycles. The summed E-state index contributed by atoms with van der Waals surface area (Å²) in [5, 5.41) is 6.74. The lowest BCUT2D eigenvalue weighted by atomic mass is 10.5. The Balaban J connectivity index is 2.36. The fraction of sp³-hybridized carbons (Fsp3) is 0.444. The number of sulfone groups is 1. The number of carbonyl (C=O) groups is 3. The predicted molar refractivity (Wildman–Crippen MR) is 69.2 cm³/mol. The third-order valence-corrected chi connectivity index (χ3v) is 5.04. The van der Waals surface area contributed by atoms with Gasteiger partial charge in [0.05, 0.1) is 0 Å². The number of rotatable bonds is 3. The molecule has 12 heteroatoms. The van der Waals surface area contributed by atoms with Gasteiger partial charge < -0.3 is 4.74 Å². The lowest BCUT2D eigenvalue weighted by molar-refractivity contribution is -0.157. The molecule has 1 aromatic rings. The maximum atomic E-state index is 12.1. The minimum atomic E-state index is -3.60. The summed E-state index contributed by atoms with van der Waals surface area (Å²) in [4.78, 5) is 36.6. The van der Waals surface area contributed by atoms with Crippen LogP contribution in [-0.4, -0.2) is 61.0 Å². The van der Waals surface area contributed by atoms with Crippen molar-refractivity contribution in [1.29, 1.82) is 0 Å². The molecule has 2 heterocycles. The van der Waals surface area contributed by atoms with Crippen LogP contribution in [0.25, 0.3) is 0 Å². The second kappa shape index (κ2) is 5.04. The normalized spacial score (nSPS) is 19.3. The number of aromatic nitrogens is 2. The quantitative estimate of drug-likeness (QED) is 0.400. The van der Waals surface area contributed by atoms with E-state index in [4.69, 9.17) is 4.74 Å². The standard InChI is InChI=1S/C9H10N4O6S2/c1-4(14)19-6-5(15)13(9(16)12(6)2)7-10-11-8(20-7)21(3,17)18/h6H,1-3H3. The van der Waals surface area contributed by atoms with Gasteiger partial charge in [0.2, 0.25) is 19.3 Å². The number of hydrogen-bond donors (Lipinski definition) is 0. The number of ether oxygens (including phenoxy) is 1. The van der Waals surface area contributed by atoms with Crippen LogP contribution in [0.1, 0.15) is 6.92 Å². The first kappa shape index (κ1) is 15.3. The van der Waals surface area contributed by atoms with Gasteiger partial charge in [-0.05, 0) is 0 Å². The minimum Gasteiger partial charge on any atom is -0.432 e. The van der Waals surface area contributed by atoms with Gasteiger partial charge in [-0.1, -0.05) is 11.3 Å². The molecule has 1 aliphatic rings. The number of anilines is 1. The maximum absolute atomic E-state index is 12.1. The summed E-state index contributed by atoms with van der Waals surface area (Å²) in [5.41, 5.74) is 0. The van der Waals surface area contributed by atoms with Crippen LogP contribution in [-0.2, 0) is 24.2 Å². The second-order valence-corrected chi connectivity index (χ2v) is 7.30. The Bertz CT molecular complexity index is 726. The lowest BCUT2D eigenvalue weighted by Crippen LogP contribution is -2.35. The molecular formula is C9H10N4O6S2. The predicted octanol–water partition coefficient (Wildman–Crippen LogP) is -0.771. The van der Waals surface area contributed by atoms with E-state index in [0.717, 1.165) is 18.1 Å².